The van der Waals surface area contributed by atoms with Gasteiger partial charge in [-0.25, -0.2) is 0 Å². The van der Waals surface area contributed by atoms with Gasteiger partial charge in [-0.1, -0.05) is 16.8 Å². The summed E-state index contributed by atoms with van der Waals surface area (Å²) in [4.78, 5) is 0. The topological polar surface area (TPSA) is 77.1 Å². The fraction of sp³-hybridized carbons (Fsp3) is 0.462. The molecule has 0 radical (unpaired) electrons. The Morgan fingerprint density at radius 1 is 1.47 bits per heavy atom. The van der Waals surface area contributed by atoms with Crippen LogP contribution in [0.2, 0.25) is 5.02 Å². The summed E-state index contributed by atoms with van der Waals surface area (Å²) in [5.74, 6) is 1.01. The minimum absolute atomic E-state index is 0.0126. The Hall–Kier alpha value is -1.46. The van der Waals surface area contributed by atoms with E-state index in [0.29, 0.717) is 28.9 Å². The van der Waals surface area contributed by atoms with Crippen LogP contribution in [0.3, 0.4) is 0 Å². The zero-order valence-corrected chi connectivity index (χ0v) is 11.3. The van der Waals surface area contributed by atoms with Crippen LogP contribution in [0.25, 0.3) is 0 Å². The monoisotopic (exact) mass is 284 g/mol. The number of nitrogens with zero attached hydrogens (tertiary/aromatic N) is 1. The molecule has 1 aromatic carbocycles. The van der Waals surface area contributed by atoms with E-state index in [-0.39, 0.29) is 5.84 Å². The highest BCUT2D eigenvalue weighted by Crippen LogP contribution is 2.25. The second-order valence-corrected chi connectivity index (χ2v) is 4.93. The molecule has 1 aliphatic heterocycles. The van der Waals surface area contributed by atoms with Crippen molar-refractivity contribution in [1.29, 1.82) is 0 Å². The van der Waals surface area contributed by atoms with Crippen LogP contribution in [-0.4, -0.2) is 30.9 Å². The summed E-state index contributed by atoms with van der Waals surface area (Å²) in [6.45, 7) is 2.13. The third-order valence-corrected chi connectivity index (χ3v) is 3.38. The van der Waals surface area contributed by atoms with Gasteiger partial charge in [0.1, 0.15) is 5.75 Å². The minimum Gasteiger partial charge on any atom is -0.492 e. The van der Waals surface area contributed by atoms with Gasteiger partial charge in [-0.2, -0.15) is 0 Å². The molecule has 0 atom stereocenters. The molecule has 1 aromatic rings. The molecule has 1 heterocycles. The maximum atomic E-state index is 8.76. The largest absolute Gasteiger partial charge is 0.492 e. The number of benzene rings is 1. The second kappa shape index (κ2) is 6.63. The van der Waals surface area contributed by atoms with E-state index in [4.69, 9.17) is 32.0 Å². The molecule has 2 rings (SSSR count). The summed E-state index contributed by atoms with van der Waals surface area (Å²) < 4.78 is 11.1. The Morgan fingerprint density at radius 3 is 2.89 bits per heavy atom. The van der Waals surface area contributed by atoms with Crippen LogP contribution in [0.15, 0.2) is 23.4 Å². The van der Waals surface area contributed by atoms with Crippen LogP contribution >= 0.6 is 11.6 Å². The van der Waals surface area contributed by atoms with Crippen molar-refractivity contribution in [3.63, 3.8) is 0 Å². The van der Waals surface area contributed by atoms with Crippen LogP contribution < -0.4 is 10.5 Å². The smallest absolute Gasteiger partial charge is 0.173 e. The molecule has 0 saturated carbocycles. The number of hydrogen-bond donors (Lipinski definition) is 2. The lowest BCUT2D eigenvalue weighted by Crippen LogP contribution is -2.22. The number of oxime groups is 1. The maximum Gasteiger partial charge on any atom is 0.173 e. The first-order valence-corrected chi connectivity index (χ1v) is 6.56. The van der Waals surface area contributed by atoms with E-state index in [1.165, 1.54) is 0 Å². The first kappa shape index (κ1) is 14.0. The van der Waals surface area contributed by atoms with Crippen LogP contribution in [0.1, 0.15) is 18.4 Å². The molecule has 0 amide bonds. The SMILES string of the molecule is NC(=NO)c1ccc(Cl)cc1OCC1CCOCC1. The predicted molar refractivity (Wildman–Crippen MR) is 73.0 cm³/mol. The maximum absolute atomic E-state index is 8.76. The molecule has 3 N–H and O–H groups in total. The van der Waals surface area contributed by atoms with Crippen molar-refractivity contribution in [2.75, 3.05) is 19.8 Å². The lowest BCUT2D eigenvalue weighted by Gasteiger charge is -2.22. The Bertz CT molecular complexity index is 459. The van der Waals surface area contributed by atoms with E-state index < -0.39 is 0 Å². The summed E-state index contributed by atoms with van der Waals surface area (Å²) in [5, 5.41) is 12.3. The van der Waals surface area contributed by atoms with Crippen molar-refractivity contribution >= 4 is 17.4 Å². The molecule has 1 saturated heterocycles. The summed E-state index contributed by atoms with van der Waals surface area (Å²) in [5.41, 5.74) is 6.15. The standard InChI is InChI=1S/C13H17ClN2O3/c14-10-1-2-11(13(15)16-17)12(7-10)19-8-9-3-5-18-6-4-9/h1-2,7,9,17H,3-6,8H2,(H2,15,16). The minimum atomic E-state index is 0.0126. The van der Waals surface area contributed by atoms with Crippen molar-refractivity contribution in [3.8, 4) is 5.75 Å². The fourth-order valence-electron chi connectivity index (χ4n) is 2.00. The molecule has 6 heteroatoms. The zero-order valence-electron chi connectivity index (χ0n) is 10.5. The van der Waals surface area contributed by atoms with Gasteiger partial charge in [-0.3, -0.25) is 0 Å². The lowest BCUT2D eigenvalue weighted by molar-refractivity contribution is 0.0497. The van der Waals surface area contributed by atoms with Crippen molar-refractivity contribution in [2.45, 2.75) is 12.8 Å². The van der Waals surface area contributed by atoms with E-state index in [9.17, 15) is 0 Å². The van der Waals surface area contributed by atoms with Crippen molar-refractivity contribution in [1.82, 2.24) is 0 Å². The van der Waals surface area contributed by atoms with E-state index in [0.717, 1.165) is 26.1 Å². The molecule has 0 unspecified atom stereocenters. The number of nitrogens with two attached hydrogens (primary N) is 1. The van der Waals surface area contributed by atoms with Crippen LogP contribution in [-0.2, 0) is 4.74 Å². The highest BCUT2D eigenvalue weighted by atomic mass is 35.5. The van der Waals surface area contributed by atoms with Gasteiger partial charge in [-0.15, -0.1) is 0 Å². The molecule has 1 fully saturated rings. The fourth-order valence-corrected chi connectivity index (χ4v) is 2.16. The zero-order chi connectivity index (χ0) is 13.7. The molecule has 0 bridgehead atoms. The Balaban J connectivity index is 2.07. The van der Waals surface area contributed by atoms with Crippen molar-refractivity contribution < 1.29 is 14.7 Å². The van der Waals surface area contributed by atoms with Crippen molar-refractivity contribution in [2.24, 2.45) is 16.8 Å². The van der Waals surface area contributed by atoms with Gasteiger partial charge in [0.15, 0.2) is 5.84 Å². The third-order valence-electron chi connectivity index (χ3n) is 3.14. The summed E-state index contributed by atoms with van der Waals surface area (Å²) in [6.07, 6.45) is 1.97. The third kappa shape index (κ3) is 3.75. The molecular weight excluding hydrogens is 268 g/mol. The molecular formula is C13H17ClN2O3. The molecule has 0 spiro atoms. The quantitative estimate of drug-likeness (QED) is 0.385. The number of ether oxygens (including phenoxy) is 2. The molecule has 19 heavy (non-hydrogen) atoms. The van der Waals surface area contributed by atoms with Crippen molar-refractivity contribution in [3.05, 3.63) is 28.8 Å². The van der Waals surface area contributed by atoms with E-state index in [1.807, 2.05) is 0 Å². The molecule has 1 aliphatic rings. The number of hydrogen-bond acceptors (Lipinski definition) is 4. The van der Waals surface area contributed by atoms with Gasteiger partial charge in [0.05, 0.1) is 12.2 Å². The average molecular weight is 285 g/mol. The van der Waals surface area contributed by atoms with Gasteiger partial charge >= 0.3 is 0 Å². The first-order chi connectivity index (χ1) is 9.20. The van der Waals surface area contributed by atoms with Crippen LogP contribution in [0.5, 0.6) is 5.75 Å². The normalized spacial score (nSPS) is 17.4. The molecule has 5 nitrogen and oxygen atoms in total. The average Bonchev–Trinajstić information content (AvgIpc) is 2.45. The van der Waals surface area contributed by atoms with Gasteiger partial charge < -0.3 is 20.4 Å². The van der Waals surface area contributed by atoms with Crippen LogP contribution in [0.4, 0.5) is 0 Å². The summed E-state index contributed by atoms with van der Waals surface area (Å²) in [6, 6.07) is 5.03. The predicted octanol–water partition coefficient (Wildman–Crippen LogP) is 2.24. The Morgan fingerprint density at radius 2 is 2.21 bits per heavy atom. The lowest BCUT2D eigenvalue weighted by atomic mass is 10.0. The highest BCUT2D eigenvalue weighted by Gasteiger charge is 2.16. The van der Waals surface area contributed by atoms with E-state index in [1.54, 1.807) is 18.2 Å². The molecule has 104 valence electrons. The highest BCUT2D eigenvalue weighted by molar-refractivity contribution is 6.30. The summed E-state index contributed by atoms with van der Waals surface area (Å²) in [7, 11) is 0. The van der Waals surface area contributed by atoms with Gasteiger partial charge in [0.25, 0.3) is 0 Å². The van der Waals surface area contributed by atoms with Gasteiger partial charge in [-0.05, 0) is 37.0 Å². The number of halogens is 1. The number of rotatable bonds is 4. The number of amidine groups is 1. The van der Waals surface area contributed by atoms with Crippen LogP contribution in [0, 0.1) is 5.92 Å². The van der Waals surface area contributed by atoms with E-state index >= 15 is 0 Å². The van der Waals surface area contributed by atoms with Gasteiger partial charge in [0.2, 0.25) is 0 Å². The van der Waals surface area contributed by atoms with Gasteiger partial charge in [0, 0.05) is 18.2 Å². The first-order valence-electron chi connectivity index (χ1n) is 6.18. The molecule has 0 aromatic heterocycles. The Labute approximate surface area is 116 Å². The van der Waals surface area contributed by atoms with E-state index in [2.05, 4.69) is 5.16 Å². The Kier molecular flexibility index (Phi) is 4.87. The second-order valence-electron chi connectivity index (χ2n) is 4.49. The molecule has 0 aliphatic carbocycles. The summed E-state index contributed by atoms with van der Waals surface area (Å²) >= 11 is 5.94.